The van der Waals surface area contributed by atoms with Gasteiger partial charge in [-0.25, -0.2) is 15.0 Å². The van der Waals surface area contributed by atoms with Crippen molar-refractivity contribution in [1.82, 2.24) is 15.0 Å². The van der Waals surface area contributed by atoms with Gasteiger partial charge in [-0.15, -0.1) is 0 Å². The summed E-state index contributed by atoms with van der Waals surface area (Å²) in [5.74, 6) is 1.99. The molecule has 0 unspecified atom stereocenters. The zero-order valence-corrected chi connectivity index (χ0v) is 27.0. The molecule has 1 aromatic heterocycles. The second-order valence-electron chi connectivity index (χ2n) is 12.6. The number of nitrogens with zero attached hydrogens (tertiary/aromatic N) is 3. The van der Waals surface area contributed by atoms with Gasteiger partial charge in [-0.1, -0.05) is 145 Å². The van der Waals surface area contributed by atoms with Crippen LogP contribution in [0, 0.1) is 6.92 Å². The highest BCUT2D eigenvalue weighted by Gasteiger charge is 2.22. The van der Waals surface area contributed by atoms with Gasteiger partial charge in [-0.05, 0) is 92.9 Å². The molecule has 3 heterocycles. The normalized spacial score (nSPS) is 11.4. The summed E-state index contributed by atoms with van der Waals surface area (Å²) < 4.78 is 0. The maximum atomic E-state index is 5.19. The summed E-state index contributed by atoms with van der Waals surface area (Å²) in [7, 11) is 0. The van der Waals surface area contributed by atoms with Gasteiger partial charge in [-0.2, -0.15) is 0 Å². The smallest absolute Gasteiger partial charge is 0.164 e. The van der Waals surface area contributed by atoms with E-state index in [4.69, 9.17) is 15.0 Å². The molecule has 3 heteroatoms. The van der Waals surface area contributed by atoms with Crippen molar-refractivity contribution in [3.63, 3.8) is 0 Å². The van der Waals surface area contributed by atoms with Gasteiger partial charge in [0, 0.05) is 16.7 Å². The van der Waals surface area contributed by atoms with Gasteiger partial charge in [0.2, 0.25) is 0 Å². The summed E-state index contributed by atoms with van der Waals surface area (Å²) in [6.07, 6.45) is 0. The third-order valence-corrected chi connectivity index (χ3v) is 9.33. The van der Waals surface area contributed by atoms with Crippen LogP contribution in [-0.2, 0) is 0 Å². The summed E-state index contributed by atoms with van der Waals surface area (Å²) >= 11 is 0. The molecule has 3 nitrogen and oxygen atoms in total. The standard InChI is InChI=1S/C46H31N3/c1-30-21-23-40-39-24-22-34(29-42(39)37-27-35(31-13-5-2-6-14-31)26-36(28-37)32-15-7-3-8-16-32)38-19-11-12-20-41(38)45-47-44(33-17-9-4-10-18-33)48-46(49-45)43(40)25-30/h2-29H,1H3. The van der Waals surface area contributed by atoms with E-state index < -0.39 is 0 Å². The molecule has 0 N–H and O–H groups in total. The van der Waals surface area contributed by atoms with E-state index in [0.717, 1.165) is 55.6 Å². The molecule has 2 aliphatic heterocycles. The van der Waals surface area contributed by atoms with Crippen LogP contribution in [0.15, 0.2) is 170 Å². The Morgan fingerprint density at radius 1 is 0.265 bits per heavy atom. The number of aromatic nitrogens is 3. The van der Waals surface area contributed by atoms with Crippen molar-refractivity contribution in [1.29, 1.82) is 0 Å². The summed E-state index contributed by atoms with van der Waals surface area (Å²) in [6, 6.07) is 60.3. The minimum absolute atomic E-state index is 0.661. The number of benzene rings is 7. The molecule has 0 aliphatic carbocycles. The Morgan fingerprint density at radius 2 is 0.755 bits per heavy atom. The molecule has 230 valence electrons. The molecule has 0 saturated heterocycles. The first-order valence-corrected chi connectivity index (χ1v) is 16.6. The lowest BCUT2D eigenvalue weighted by Gasteiger charge is -2.18. The van der Waals surface area contributed by atoms with Crippen LogP contribution >= 0.6 is 0 Å². The molecule has 0 fully saturated rings. The lowest BCUT2D eigenvalue weighted by Crippen LogP contribution is -2.01. The van der Waals surface area contributed by atoms with Crippen molar-refractivity contribution in [2.75, 3.05) is 0 Å². The van der Waals surface area contributed by atoms with Gasteiger partial charge in [-0.3, -0.25) is 0 Å². The average Bonchev–Trinajstić information content (AvgIpc) is 3.20. The van der Waals surface area contributed by atoms with Crippen molar-refractivity contribution in [2.45, 2.75) is 6.92 Å². The summed E-state index contributed by atoms with van der Waals surface area (Å²) in [6.45, 7) is 2.13. The van der Waals surface area contributed by atoms with Gasteiger partial charge in [0.1, 0.15) is 0 Å². The highest BCUT2D eigenvalue weighted by molar-refractivity contribution is 5.96. The van der Waals surface area contributed by atoms with E-state index in [1.165, 1.54) is 22.3 Å². The second kappa shape index (κ2) is 12.0. The Bertz CT molecular complexity index is 2430. The number of rotatable bonds is 4. The quantitative estimate of drug-likeness (QED) is 0.195. The summed E-state index contributed by atoms with van der Waals surface area (Å²) in [5, 5.41) is 0. The average molecular weight is 626 g/mol. The van der Waals surface area contributed by atoms with E-state index in [2.05, 4.69) is 159 Å². The van der Waals surface area contributed by atoms with Crippen LogP contribution in [0.25, 0.3) is 89.8 Å². The van der Waals surface area contributed by atoms with Crippen molar-refractivity contribution in [2.24, 2.45) is 0 Å². The van der Waals surface area contributed by atoms with Gasteiger partial charge in [0.25, 0.3) is 0 Å². The zero-order valence-electron chi connectivity index (χ0n) is 27.0. The molecule has 2 aliphatic rings. The molecule has 49 heavy (non-hydrogen) atoms. The van der Waals surface area contributed by atoms with Crippen LogP contribution in [0.3, 0.4) is 0 Å². The Balaban J connectivity index is 1.37. The van der Waals surface area contributed by atoms with Crippen LogP contribution in [0.1, 0.15) is 5.56 Å². The van der Waals surface area contributed by atoms with Gasteiger partial charge >= 0.3 is 0 Å². The molecule has 10 rings (SSSR count). The van der Waals surface area contributed by atoms with E-state index in [0.29, 0.717) is 17.5 Å². The van der Waals surface area contributed by atoms with Gasteiger partial charge < -0.3 is 0 Å². The maximum absolute atomic E-state index is 5.19. The molecule has 7 aromatic carbocycles. The van der Waals surface area contributed by atoms with E-state index in [9.17, 15) is 0 Å². The lowest BCUT2D eigenvalue weighted by atomic mass is 9.86. The first kappa shape index (κ1) is 28.7. The molecule has 0 spiro atoms. The fraction of sp³-hybridized carbons (Fsp3) is 0.0217. The monoisotopic (exact) mass is 625 g/mol. The van der Waals surface area contributed by atoms with Gasteiger partial charge in [0.05, 0.1) is 0 Å². The van der Waals surface area contributed by atoms with Crippen LogP contribution in [0.5, 0.6) is 0 Å². The minimum atomic E-state index is 0.661. The highest BCUT2D eigenvalue weighted by Crippen LogP contribution is 2.44. The van der Waals surface area contributed by atoms with Crippen molar-refractivity contribution >= 4 is 0 Å². The first-order chi connectivity index (χ1) is 24.2. The third kappa shape index (κ3) is 5.32. The van der Waals surface area contributed by atoms with Crippen molar-refractivity contribution in [3.8, 4) is 89.8 Å². The maximum Gasteiger partial charge on any atom is 0.164 e. The first-order valence-electron chi connectivity index (χ1n) is 16.6. The predicted molar refractivity (Wildman–Crippen MR) is 202 cm³/mol. The molecule has 8 aromatic rings. The molecule has 4 bridgehead atoms. The summed E-state index contributed by atoms with van der Waals surface area (Å²) in [5.41, 5.74) is 15.5. The topological polar surface area (TPSA) is 38.7 Å². The zero-order chi connectivity index (χ0) is 32.7. The third-order valence-electron chi connectivity index (χ3n) is 9.33. The Morgan fingerprint density at radius 3 is 1.41 bits per heavy atom. The molecule has 0 radical (unpaired) electrons. The Kier molecular flexibility index (Phi) is 7.02. The molecule has 0 saturated carbocycles. The van der Waals surface area contributed by atoms with Crippen LogP contribution in [0.4, 0.5) is 0 Å². The van der Waals surface area contributed by atoms with Gasteiger partial charge in [0.15, 0.2) is 17.5 Å². The fourth-order valence-corrected chi connectivity index (χ4v) is 6.90. The Labute approximate surface area is 286 Å². The molecule has 0 atom stereocenters. The predicted octanol–water partition coefficient (Wildman–Crippen LogP) is 11.8. The summed E-state index contributed by atoms with van der Waals surface area (Å²) in [4.78, 5) is 15.4. The molecule has 0 amide bonds. The fourth-order valence-electron chi connectivity index (χ4n) is 6.90. The van der Waals surface area contributed by atoms with Crippen molar-refractivity contribution in [3.05, 3.63) is 175 Å². The van der Waals surface area contributed by atoms with Crippen LogP contribution in [-0.4, -0.2) is 15.0 Å². The van der Waals surface area contributed by atoms with E-state index in [1.54, 1.807) is 0 Å². The Hall–Kier alpha value is -6.45. The van der Waals surface area contributed by atoms with E-state index in [-0.39, 0.29) is 0 Å². The highest BCUT2D eigenvalue weighted by atomic mass is 15.0. The van der Waals surface area contributed by atoms with E-state index in [1.807, 2.05) is 18.2 Å². The van der Waals surface area contributed by atoms with E-state index >= 15 is 0 Å². The number of hydrogen-bond donors (Lipinski definition) is 0. The molecular weight excluding hydrogens is 595 g/mol. The SMILES string of the molecule is Cc1ccc2c(c1)-c1nc(-c3ccccc3)nc(n1)-c1ccccc1-c1ccc-2c(-c2cc(-c3ccccc3)cc(-c3ccccc3)c2)c1. The molecular formula is C46H31N3. The van der Waals surface area contributed by atoms with Crippen molar-refractivity contribution < 1.29 is 0 Å². The minimum Gasteiger partial charge on any atom is -0.208 e. The second-order valence-corrected chi connectivity index (χ2v) is 12.6. The number of hydrogen-bond acceptors (Lipinski definition) is 3. The number of fused-ring (bicyclic) bond motifs is 2. The van der Waals surface area contributed by atoms with Crippen LogP contribution < -0.4 is 0 Å². The number of aryl methyl sites for hydroxylation is 1. The largest absolute Gasteiger partial charge is 0.208 e. The van der Waals surface area contributed by atoms with Crippen LogP contribution in [0.2, 0.25) is 0 Å². The lowest BCUT2D eigenvalue weighted by molar-refractivity contribution is 1.07.